The van der Waals surface area contributed by atoms with Crippen LogP contribution in [0.25, 0.3) is 0 Å². The highest BCUT2D eigenvalue weighted by atomic mass is 35.5. The molecule has 0 radical (unpaired) electrons. The van der Waals surface area contributed by atoms with Gasteiger partial charge in [0.2, 0.25) is 0 Å². The Balaban J connectivity index is 0.00000128. The van der Waals surface area contributed by atoms with E-state index in [1.807, 2.05) is 6.07 Å². The molecule has 2 aromatic rings. The molecule has 0 saturated carbocycles. The first-order valence-electron chi connectivity index (χ1n) is 5.13. The molecule has 0 amide bonds. The van der Waals surface area contributed by atoms with Crippen molar-refractivity contribution in [3.05, 3.63) is 60.2 Å². The minimum atomic E-state index is 0. The molecule has 0 bridgehead atoms. The number of para-hydroxylation sites is 2. The predicted molar refractivity (Wildman–Crippen MR) is 78.0 cm³/mol. The van der Waals surface area contributed by atoms with Crippen molar-refractivity contribution in [2.45, 2.75) is 6.92 Å². The van der Waals surface area contributed by atoms with Crippen LogP contribution in [-0.2, 0) is 0 Å². The Bertz CT molecular complexity index is 443. The van der Waals surface area contributed by atoms with Gasteiger partial charge in [0.15, 0.2) is 0 Å². The summed E-state index contributed by atoms with van der Waals surface area (Å²) in [7, 11) is 2.09. The summed E-state index contributed by atoms with van der Waals surface area (Å²) >= 11 is 0. The Morgan fingerprint density at radius 2 is 1.35 bits per heavy atom. The molecule has 0 heterocycles. The lowest BCUT2D eigenvalue weighted by Crippen LogP contribution is -2.10. The topological polar surface area (TPSA) is 38.2 Å². The maximum absolute atomic E-state index is 2.20. The van der Waals surface area contributed by atoms with E-state index < -0.39 is 0 Å². The molecule has 2 aromatic carbocycles. The molecule has 0 fully saturated rings. The molecular weight excluding hydrogens is 232 g/mol. The predicted octanol–water partition coefficient (Wildman–Crippen LogP) is 4.35. The fourth-order valence-corrected chi connectivity index (χ4v) is 1.73. The second kappa shape index (κ2) is 6.94. The van der Waals surface area contributed by atoms with E-state index in [-0.39, 0.29) is 18.6 Å². The van der Waals surface area contributed by atoms with Gasteiger partial charge in [0.05, 0.1) is 0 Å². The fourth-order valence-electron chi connectivity index (χ4n) is 1.73. The van der Waals surface area contributed by atoms with E-state index in [2.05, 4.69) is 67.4 Å². The summed E-state index contributed by atoms with van der Waals surface area (Å²) in [5.74, 6) is 0. The van der Waals surface area contributed by atoms with Gasteiger partial charge in [0, 0.05) is 18.4 Å². The molecule has 2 rings (SSSR count). The molecule has 3 heteroatoms. The largest absolute Gasteiger partial charge is 0.344 e. The van der Waals surface area contributed by atoms with Crippen molar-refractivity contribution in [3.63, 3.8) is 0 Å². The Kier molecular flexibility index (Phi) is 6.33. The summed E-state index contributed by atoms with van der Waals surface area (Å²) in [6.07, 6.45) is 0. The SMILES string of the molecule is Cc1ccccc1N(C)c1ccccc1.Cl.N. The molecule has 2 nitrogen and oxygen atoms in total. The van der Waals surface area contributed by atoms with Crippen LogP contribution in [0, 0.1) is 6.92 Å². The van der Waals surface area contributed by atoms with E-state index in [4.69, 9.17) is 0 Å². The van der Waals surface area contributed by atoms with Crippen LogP contribution < -0.4 is 11.1 Å². The third-order valence-corrected chi connectivity index (χ3v) is 2.62. The fraction of sp³-hybridized carbons (Fsp3) is 0.143. The van der Waals surface area contributed by atoms with Crippen molar-refractivity contribution < 1.29 is 0 Å². The van der Waals surface area contributed by atoms with E-state index in [9.17, 15) is 0 Å². The zero-order valence-corrected chi connectivity index (χ0v) is 11.1. The molecule has 92 valence electrons. The van der Waals surface area contributed by atoms with Crippen molar-refractivity contribution in [3.8, 4) is 0 Å². The molecule has 0 atom stereocenters. The van der Waals surface area contributed by atoms with E-state index in [1.54, 1.807) is 0 Å². The quantitative estimate of drug-likeness (QED) is 0.861. The molecule has 0 unspecified atom stereocenters. The number of anilines is 2. The normalized spacial score (nSPS) is 8.82. The zero-order chi connectivity index (χ0) is 10.7. The summed E-state index contributed by atoms with van der Waals surface area (Å²) in [6.45, 7) is 2.13. The summed E-state index contributed by atoms with van der Waals surface area (Å²) < 4.78 is 0. The molecule has 0 aliphatic carbocycles. The van der Waals surface area contributed by atoms with Crippen LogP contribution in [0.2, 0.25) is 0 Å². The maximum atomic E-state index is 2.20. The van der Waals surface area contributed by atoms with Crippen LogP contribution >= 0.6 is 12.4 Å². The van der Waals surface area contributed by atoms with E-state index in [0.29, 0.717) is 0 Å². The van der Waals surface area contributed by atoms with Crippen molar-refractivity contribution >= 4 is 23.8 Å². The van der Waals surface area contributed by atoms with Gasteiger partial charge in [-0.15, -0.1) is 12.4 Å². The van der Waals surface area contributed by atoms with Crippen molar-refractivity contribution in [2.24, 2.45) is 0 Å². The standard InChI is InChI=1S/C14H15N.ClH.H3N/c1-12-8-6-7-11-14(12)15(2)13-9-4-3-5-10-13;;/h3-11H,1-2H3;1H;1H3. The number of hydrogen-bond donors (Lipinski definition) is 1. The molecule has 0 aliphatic rings. The average molecular weight is 251 g/mol. The van der Waals surface area contributed by atoms with Crippen LogP contribution in [-0.4, -0.2) is 7.05 Å². The van der Waals surface area contributed by atoms with Crippen molar-refractivity contribution in [1.29, 1.82) is 0 Å². The lowest BCUT2D eigenvalue weighted by atomic mass is 10.1. The summed E-state index contributed by atoms with van der Waals surface area (Å²) in [4.78, 5) is 2.20. The third kappa shape index (κ3) is 3.48. The lowest BCUT2D eigenvalue weighted by Gasteiger charge is -2.21. The zero-order valence-electron chi connectivity index (χ0n) is 10.3. The first-order chi connectivity index (χ1) is 7.29. The first kappa shape index (κ1) is 15.5. The Morgan fingerprint density at radius 3 is 1.94 bits per heavy atom. The average Bonchev–Trinajstić information content (AvgIpc) is 2.30. The van der Waals surface area contributed by atoms with Gasteiger partial charge in [0.25, 0.3) is 0 Å². The van der Waals surface area contributed by atoms with Gasteiger partial charge in [-0.25, -0.2) is 0 Å². The minimum absolute atomic E-state index is 0. The van der Waals surface area contributed by atoms with Gasteiger partial charge in [0.1, 0.15) is 0 Å². The third-order valence-electron chi connectivity index (χ3n) is 2.62. The Hall–Kier alpha value is -1.51. The number of aryl methyl sites for hydroxylation is 1. The van der Waals surface area contributed by atoms with Gasteiger partial charge < -0.3 is 11.1 Å². The van der Waals surface area contributed by atoms with Gasteiger partial charge in [-0.3, -0.25) is 0 Å². The smallest absolute Gasteiger partial charge is 0.0437 e. The molecule has 0 aliphatic heterocycles. The number of halogens is 1. The van der Waals surface area contributed by atoms with Gasteiger partial charge in [-0.05, 0) is 30.7 Å². The molecule has 3 N–H and O–H groups in total. The maximum Gasteiger partial charge on any atom is 0.0437 e. The van der Waals surface area contributed by atoms with Gasteiger partial charge in [-0.1, -0.05) is 36.4 Å². The lowest BCUT2D eigenvalue weighted by molar-refractivity contribution is 1.18. The molecule has 0 saturated heterocycles. The van der Waals surface area contributed by atoms with E-state index >= 15 is 0 Å². The van der Waals surface area contributed by atoms with Crippen LogP contribution in [0.15, 0.2) is 54.6 Å². The first-order valence-corrected chi connectivity index (χ1v) is 5.13. The highest BCUT2D eigenvalue weighted by Gasteiger charge is 2.04. The number of benzene rings is 2. The highest BCUT2D eigenvalue weighted by molar-refractivity contribution is 5.85. The van der Waals surface area contributed by atoms with Crippen LogP contribution in [0.4, 0.5) is 11.4 Å². The second-order valence-corrected chi connectivity index (χ2v) is 3.68. The van der Waals surface area contributed by atoms with Crippen LogP contribution in [0.5, 0.6) is 0 Å². The van der Waals surface area contributed by atoms with E-state index in [0.717, 1.165) is 0 Å². The molecule has 0 aromatic heterocycles. The second-order valence-electron chi connectivity index (χ2n) is 3.68. The monoisotopic (exact) mass is 250 g/mol. The number of rotatable bonds is 2. The molecular formula is C14H19ClN2. The minimum Gasteiger partial charge on any atom is -0.344 e. The van der Waals surface area contributed by atoms with Crippen molar-refractivity contribution in [1.82, 2.24) is 6.15 Å². The number of hydrogen-bond acceptors (Lipinski definition) is 2. The summed E-state index contributed by atoms with van der Waals surface area (Å²) in [5, 5.41) is 0. The van der Waals surface area contributed by atoms with Crippen LogP contribution in [0.1, 0.15) is 5.56 Å². The van der Waals surface area contributed by atoms with Gasteiger partial charge in [-0.2, -0.15) is 0 Å². The Morgan fingerprint density at radius 1 is 0.824 bits per heavy atom. The van der Waals surface area contributed by atoms with E-state index in [1.165, 1.54) is 16.9 Å². The van der Waals surface area contributed by atoms with Gasteiger partial charge >= 0.3 is 0 Å². The molecule has 0 spiro atoms. The summed E-state index contributed by atoms with van der Waals surface area (Å²) in [5.41, 5.74) is 3.76. The highest BCUT2D eigenvalue weighted by Crippen LogP contribution is 2.25. The summed E-state index contributed by atoms with van der Waals surface area (Å²) in [6, 6.07) is 18.8. The Labute approximate surface area is 109 Å². The number of nitrogens with zero attached hydrogens (tertiary/aromatic N) is 1. The molecule has 17 heavy (non-hydrogen) atoms. The van der Waals surface area contributed by atoms with Crippen LogP contribution in [0.3, 0.4) is 0 Å². The van der Waals surface area contributed by atoms with Crippen molar-refractivity contribution in [2.75, 3.05) is 11.9 Å².